The van der Waals surface area contributed by atoms with Crippen molar-refractivity contribution >= 4 is 11.9 Å². The molecule has 0 aromatic rings. The van der Waals surface area contributed by atoms with Crippen molar-refractivity contribution in [2.45, 2.75) is 19.3 Å². The Morgan fingerprint density at radius 1 is 1.50 bits per heavy atom. The van der Waals surface area contributed by atoms with Gasteiger partial charge in [0.25, 0.3) is 0 Å². The second-order valence-electron chi connectivity index (χ2n) is 4.33. The highest BCUT2D eigenvalue weighted by atomic mass is 19.1. The third kappa shape index (κ3) is 3.44. The normalized spacial score (nSPS) is 18.9. The van der Waals surface area contributed by atoms with Crippen molar-refractivity contribution in [2.24, 2.45) is 5.41 Å². The monoisotopic (exact) mass is 234 g/mol. The fourth-order valence-electron chi connectivity index (χ4n) is 1.43. The van der Waals surface area contributed by atoms with Crippen molar-refractivity contribution in [2.75, 3.05) is 27.0 Å². The third-order valence-electron chi connectivity index (χ3n) is 2.77. The first-order valence-corrected chi connectivity index (χ1v) is 5.26. The van der Waals surface area contributed by atoms with Crippen LogP contribution in [0.2, 0.25) is 0 Å². The fraction of sp³-hybridized carbons (Fsp3) is 0.800. The summed E-state index contributed by atoms with van der Waals surface area (Å²) in [6.07, 6.45) is 0.978. The summed E-state index contributed by atoms with van der Waals surface area (Å²) in [5, 5.41) is 8.63. The van der Waals surface area contributed by atoms with Crippen LogP contribution in [0.4, 0.5) is 4.39 Å². The molecule has 0 heterocycles. The highest BCUT2D eigenvalue weighted by molar-refractivity contribution is 5.85. The lowest BCUT2D eigenvalue weighted by Gasteiger charge is -2.13. The molecule has 1 saturated carbocycles. The molecule has 0 saturated heterocycles. The number of quaternary nitrogens is 1. The van der Waals surface area contributed by atoms with E-state index in [2.05, 4.69) is 0 Å². The SMILES string of the molecule is C[NH+](CF)CCOC(=O)C1(CC(=O)O)CC1. The van der Waals surface area contributed by atoms with Crippen LogP contribution in [-0.2, 0) is 14.3 Å². The van der Waals surface area contributed by atoms with E-state index < -0.39 is 24.2 Å². The Bertz CT molecular complexity index is 278. The van der Waals surface area contributed by atoms with Crippen LogP contribution in [0.1, 0.15) is 19.3 Å². The topological polar surface area (TPSA) is 68.0 Å². The Morgan fingerprint density at radius 3 is 2.56 bits per heavy atom. The Hall–Kier alpha value is -1.17. The summed E-state index contributed by atoms with van der Waals surface area (Å²) in [6, 6.07) is 0. The van der Waals surface area contributed by atoms with E-state index in [1.165, 1.54) is 0 Å². The van der Waals surface area contributed by atoms with Gasteiger partial charge >= 0.3 is 11.9 Å². The molecule has 1 aliphatic rings. The molecule has 6 heteroatoms. The largest absolute Gasteiger partial charge is 0.481 e. The fourth-order valence-corrected chi connectivity index (χ4v) is 1.43. The number of carbonyl (C=O) groups is 2. The number of rotatable bonds is 7. The van der Waals surface area contributed by atoms with Gasteiger partial charge < -0.3 is 14.7 Å². The number of carboxylic acid groups (broad SMARTS) is 1. The number of halogens is 1. The number of likely N-dealkylation sites (N-methyl/N-ethyl adjacent to an activating group) is 1. The van der Waals surface area contributed by atoms with Gasteiger partial charge in [0.15, 0.2) is 0 Å². The van der Waals surface area contributed by atoms with E-state index in [1.807, 2.05) is 0 Å². The number of aliphatic carboxylic acids is 1. The van der Waals surface area contributed by atoms with Gasteiger partial charge in [0, 0.05) is 0 Å². The van der Waals surface area contributed by atoms with E-state index in [0.717, 1.165) is 0 Å². The summed E-state index contributed by atoms with van der Waals surface area (Å²) < 4.78 is 17.0. The molecule has 0 amide bonds. The minimum Gasteiger partial charge on any atom is -0.481 e. The number of esters is 1. The average Bonchev–Trinajstić information content (AvgIpc) is 2.97. The van der Waals surface area contributed by atoms with E-state index >= 15 is 0 Å². The molecule has 0 aromatic heterocycles. The second-order valence-corrected chi connectivity index (χ2v) is 4.33. The summed E-state index contributed by atoms with van der Waals surface area (Å²) in [5.41, 5.74) is -0.796. The predicted octanol–water partition coefficient (Wildman–Crippen LogP) is -0.774. The summed E-state index contributed by atoms with van der Waals surface area (Å²) in [6.45, 7) is 0.0131. The van der Waals surface area contributed by atoms with Crippen LogP contribution >= 0.6 is 0 Å². The maximum Gasteiger partial charge on any atom is 0.312 e. The van der Waals surface area contributed by atoms with Gasteiger partial charge in [-0.25, -0.2) is 0 Å². The van der Waals surface area contributed by atoms with Gasteiger partial charge in [-0.05, 0) is 12.8 Å². The number of hydrogen-bond donors (Lipinski definition) is 2. The lowest BCUT2D eigenvalue weighted by Crippen LogP contribution is -3.08. The third-order valence-corrected chi connectivity index (χ3v) is 2.77. The van der Waals surface area contributed by atoms with Gasteiger partial charge in [0.1, 0.15) is 13.2 Å². The molecule has 5 nitrogen and oxygen atoms in total. The van der Waals surface area contributed by atoms with Crippen molar-refractivity contribution in [1.82, 2.24) is 0 Å². The summed E-state index contributed by atoms with van der Waals surface area (Å²) in [4.78, 5) is 22.7. The van der Waals surface area contributed by atoms with Gasteiger partial charge in [-0.3, -0.25) is 9.59 Å². The lowest BCUT2D eigenvalue weighted by molar-refractivity contribution is -0.893. The number of hydrogen-bond acceptors (Lipinski definition) is 3. The van der Waals surface area contributed by atoms with Gasteiger partial charge in [-0.15, -0.1) is 0 Å². The molecule has 0 aliphatic heterocycles. The van der Waals surface area contributed by atoms with Crippen molar-refractivity contribution in [3.63, 3.8) is 0 Å². The highest BCUT2D eigenvalue weighted by Gasteiger charge is 2.52. The minimum absolute atomic E-state index is 0.135. The molecular formula is C10H17FNO4+. The number of alkyl halides is 1. The zero-order valence-electron chi connectivity index (χ0n) is 9.29. The quantitative estimate of drug-likeness (QED) is 0.448. The van der Waals surface area contributed by atoms with Crippen molar-refractivity contribution < 1.29 is 28.7 Å². The van der Waals surface area contributed by atoms with E-state index in [-0.39, 0.29) is 13.0 Å². The van der Waals surface area contributed by atoms with Crippen LogP contribution in [-0.4, -0.2) is 44.0 Å². The van der Waals surface area contributed by atoms with Crippen molar-refractivity contribution in [3.8, 4) is 0 Å². The number of nitrogens with one attached hydrogen (secondary N) is 1. The van der Waals surface area contributed by atoms with Crippen LogP contribution in [0, 0.1) is 5.41 Å². The molecule has 0 bridgehead atoms. The maximum atomic E-state index is 12.1. The van der Waals surface area contributed by atoms with E-state index in [9.17, 15) is 14.0 Å². The number of carbonyl (C=O) groups excluding carboxylic acids is 1. The highest BCUT2D eigenvalue weighted by Crippen LogP contribution is 2.49. The van der Waals surface area contributed by atoms with E-state index in [0.29, 0.717) is 24.3 Å². The molecule has 1 unspecified atom stereocenters. The summed E-state index contributed by atoms with van der Waals surface area (Å²) >= 11 is 0. The van der Waals surface area contributed by atoms with E-state index in [4.69, 9.17) is 9.84 Å². The van der Waals surface area contributed by atoms with Crippen molar-refractivity contribution in [1.29, 1.82) is 0 Å². The Labute approximate surface area is 93.2 Å². The molecule has 1 fully saturated rings. The van der Waals surface area contributed by atoms with E-state index in [1.54, 1.807) is 7.05 Å². The Morgan fingerprint density at radius 2 is 2.12 bits per heavy atom. The standard InChI is InChI=1S/C10H16FNO4/c1-12(7-11)4-5-16-9(15)10(2-3-10)6-8(13)14/h2-7H2,1H3,(H,13,14)/p+1. The molecule has 1 atom stereocenters. The molecule has 1 aliphatic carbocycles. The Kier molecular flexibility index (Phi) is 4.23. The van der Waals surface area contributed by atoms with Gasteiger partial charge in [-0.1, -0.05) is 0 Å². The smallest absolute Gasteiger partial charge is 0.312 e. The zero-order valence-corrected chi connectivity index (χ0v) is 9.29. The molecule has 92 valence electrons. The molecule has 0 radical (unpaired) electrons. The number of carboxylic acids is 1. The minimum atomic E-state index is -0.985. The molecule has 16 heavy (non-hydrogen) atoms. The molecule has 0 aromatic carbocycles. The molecule has 1 rings (SSSR count). The van der Waals surface area contributed by atoms with Crippen LogP contribution in [0.25, 0.3) is 0 Å². The van der Waals surface area contributed by atoms with Gasteiger partial charge in [-0.2, -0.15) is 4.39 Å². The van der Waals surface area contributed by atoms with Gasteiger partial charge in [0.05, 0.1) is 18.9 Å². The summed E-state index contributed by atoms with van der Waals surface area (Å²) in [7, 11) is 1.65. The molecular weight excluding hydrogens is 217 g/mol. The first-order valence-electron chi connectivity index (χ1n) is 5.26. The van der Waals surface area contributed by atoms with Crippen LogP contribution < -0.4 is 4.90 Å². The lowest BCUT2D eigenvalue weighted by atomic mass is 10.0. The first-order chi connectivity index (χ1) is 7.50. The van der Waals surface area contributed by atoms with Crippen LogP contribution in [0.5, 0.6) is 0 Å². The van der Waals surface area contributed by atoms with Crippen LogP contribution in [0.3, 0.4) is 0 Å². The van der Waals surface area contributed by atoms with Gasteiger partial charge in [0.2, 0.25) is 6.80 Å². The first kappa shape index (κ1) is 12.9. The second kappa shape index (κ2) is 5.25. The van der Waals surface area contributed by atoms with Crippen molar-refractivity contribution in [3.05, 3.63) is 0 Å². The predicted molar refractivity (Wildman–Crippen MR) is 52.6 cm³/mol. The summed E-state index contributed by atoms with van der Waals surface area (Å²) in [5.74, 6) is -1.44. The Balaban J connectivity index is 2.27. The average molecular weight is 234 g/mol. The molecule has 0 spiro atoms. The number of ether oxygens (including phenoxy) is 1. The zero-order chi connectivity index (χ0) is 12.2. The maximum absolute atomic E-state index is 12.1. The van der Waals surface area contributed by atoms with Crippen LogP contribution in [0.15, 0.2) is 0 Å². The molecule has 2 N–H and O–H groups in total.